The number of aromatic nitrogens is 4. The molecule has 8 nitrogen and oxygen atoms in total. The van der Waals surface area contributed by atoms with Crippen LogP contribution in [0.1, 0.15) is 0 Å². The molecule has 2 aromatic heterocycles. The molecule has 4 aromatic rings. The second kappa shape index (κ2) is 7.37. The van der Waals surface area contributed by atoms with Gasteiger partial charge in [0, 0.05) is 12.1 Å². The maximum Gasteiger partial charge on any atom is 0.163 e. The van der Waals surface area contributed by atoms with Crippen molar-refractivity contribution in [2.24, 2.45) is 0 Å². The molecule has 1 aliphatic rings. The van der Waals surface area contributed by atoms with E-state index in [1.54, 1.807) is 28.4 Å². The van der Waals surface area contributed by atoms with Gasteiger partial charge in [-0.15, -0.1) is 0 Å². The van der Waals surface area contributed by atoms with Crippen LogP contribution in [-0.2, 0) is 0 Å². The summed E-state index contributed by atoms with van der Waals surface area (Å²) in [6.45, 7) is 0. The van der Waals surface area contributed by atoms with Gasteiger partial charge in [0.05, 0.1) is 39.5 Å². The molecule has 3 heterocycles. The molecule has 2 aromatic carbocycles. The van der Waals surface area contributed by atoms with E-state index in [4.69, 9.17) is 38.9 Å². The number of benzene rings is 2. The summed E-state index contributed by atoms with van der Waals surface area (Å²) < 4.78 is 21.7. The minimum Gasteiger partial charge on any atom is -0.494 e. The van der Waals surface area contributed by atoms with E-state index >= 15 is 0 Å². The zero-order valence-corrected chi connectivity index (χ0v) is 18.2. The van der Waals surface area contributed by atoms with Crippen LogP contribution >= 0.6 is 23.5 Å². The topological polar surface area (TPSA) is 88.5 Å². The predicted octanol–water partition coefficient (Wildman–Crippen LogP) is 4.22. The summed E-state index contributed by atoms with van der Waals surface area (Å²) in [5, 5.41) is 3.03. The summed E-state index contributed by atoms with van der Waals surface area (Å²) >= 11 is 2.86. The summed E-state index contributed by atoms with van der Waals surface area (Å²) in [6, 6.07) is 7.29. The number of methoxy groups -OCH3 is 4. The van der Waals surface area contributed by atoms with Crippen LogP contribution in [0.5, 0.6) is 23.0 Å². The Bertz CT molecular complexity index is 1220. The zero-order chi connectivity index (χ0) is 20.8. The molecular weight excluding hydrogens is 424 g/mol. The third-order valence-corrected chi connectivity index (χ3v) is 6.79. The first-order chi connectivity index (χ1) is 14.6. The Kier molecular flexibility index (Phi) is 4.67. The lowest BCUT2D eigenvalue weighted by Gasteiger charge is -2.18. The molecule has 152 valence electrons. The lowest BCUT2D eigenvalue weighted by molar-refractivity contribution is 0.355. The zero-order valence-electron chi connectivity index (χ0n) is 16.5. The highest BCUT2D eigenvalue weighted by molar-refractivity contribution is 8.04. The molecule has 0 saturated heterocycles. The maximum absolute atomic E-state index is 5.46. The molecular formula is C20H16N4O4S2. The number of rotatable bonds is 4. The number of hydrogen-bond donors (Lipinski definition) is 0. The average molecular weight is 441 g/mol. The number of fused-ring (bicyclic) bond motifs is 4. The van der Waals surface area contributed by atoms with Crippen LogP contribution in [-0.4, -0.2) is 48.4 Å². The van der Waals surface area contributed by atoms with E-state index in [-0.39, 0.29) is 0 Å². The van der Waals surface area contributed by atoms with E-state index in [0.717, 1.165) is 31.1 Å². The molecule has 0 spiro atoms. The van der Waals surface area contributed by atoms with Crippen LogP contribution in [0, 0.1) is 0 Å². The second-order valence-electron chi connectivity index (χ2n) is 6.24. The van der Waals surface area contributed by atoms with E-state index in [9.17, 15) is 0 Å². The van der Waals surface area contributed by atoms with Crippen molar-refractivity contribution in [1.82, 2.24) is 19.9 Å². The van der Waals surface area contributed by atoms with E-state index in [1.165, 1.54) is 23.5 Å². The fraction of sp³-hybridized carbons (Fsp3) is 0.200. The molecule has 0 radical (unpaired) electrons. The first-order valence-electron chi connectivity index (χ1n) is 8.87. The minimum absolute atomic E-state index is 0.607. The van der Waals surface area contributed by atoms with E-state index in [1.807, 2.05) is 24.3 Å². The molecule has 0 saturated carbocycles. The van der Waals surface area contributed by atoms with Crippen molar-refractivity contribution in [3.05, 3.63) is 24.3 Å². The molecule has 5 rings (SSSR count). The smallest absolute Gasteiger partial charge is 0.163 e. The van der Waals surface area contributed by atoms with Crippen molar-refractivity contribution in [3.63, 3.8) is 0 Å². The Hall–Kier alpha value is -2.98. The first kappa shape index (κ1) is 19.0. The lowest BCUT2D eigenvalue weighted by atomic mass is 10.2. The first-order valence-corrected chi connectivity index (χ1v) is 10.5. The highest BCUT2D eigenvalue weighted by Gasteiger charge is 2.26. The quantitative estimate of drug-likeness (QED) is 0.405. The van der Waals surface area contributed by atoms with Gasteiger partial charge in [-0.1, -0.05) is 0 Å². The Balaban J connectivity index is 1.66. The molecule has 0 atom stereocenters. The Morgan fingerprint density at radius 2 is 0.900 bits per heavy atom. The van der Waals surface area contributed by atoms with Gasteiger partial charge in [0.2, 0.25) is 0 Å². The van der Waals surface area contributed by atoms with Gasteiger partial charge < -0.3 is 18.9 Å². The maximum atomic E-state index is 5.46. The highest BCUT2D eigenvalue weighted by atomic mass is 32.2. The van der Waals surface area contributed by atoms with Gasteiger partial charge in [-0.3, -0.25) is 0 Å². The summed E-state index contributed by atoms with van der Waals surface area (Å²) in [5.74, 6) is 2.49. The van der Waals surface area contributed by atoms with Gasteiger partial charge in [-0.2, -0.15) is 0 Å². The van der Waals surface area contributed by atoms with E-state index in [0.29, 0.717) is 34.0 Å². The molecule has 0 fully saturated rings. The van der Waals surface area contributed by atoms with Gasteiger partial charge in [0.15, 0.2) is 11.5 Å². The summed E-state index contributed by atoms with van der Waals surface area (Å²) in [4.78, 5) is 19.1. The van der Waals surface area contributed by atoms with Crippen LogP contribution in [0.15, 0.2) is 44.4 Å². The Morgan fingerprint density at radius 3 is 1.27 bits per heavy atom. The minimum atomic E-state index is 0.607. The Labute approximate surface area is 180 Å². The SMILES string of the molecule is COc1cc2nc3c(nc2cc1OC)Sc1nc2c(OC)ccc(OC)c2nc1S3. The fourth-order valence-electron chi connectivity index (χ4n) is 3.19. The molecule has 1 aliphatic heterocycles. The third-order valence-electron chi connectivity index (χ3n) is 4.62. The van der Waals surface area contributed by atoms with Crippen LogP contribution < -0.4 is 18.9 Å². The monoisotopic (exact) mass is 440 g/mol. The Morgan fingerprint density at radius 1 is 0.533 bits per heavy atom. The fourth-order valence-corrected chi connectivity index (χ4v) is 5.15. The van der Waals surface area contributed by atoms with Gasteiger partial charge in [-0.25, -0.2) is 19.9 Å². The number of hydrogen-bond acceptors (Lipinski definition) is 10. The molecule has 10 heteroatoms. The number of ether oxygens (including phenoxy) is 4. The normalized spacial score (nSPS) is 12.4. The molecule has 0 aliphatic carbocycles. The van der Waals surface area contributed by atoms with Crippen LogP contribution in [0.4, 0.5) is 0 Å². The van der Waals surface area contributed by atoms with Crippen molar-refractivity contribution >= 4 is 45.6 Å². The summed E-state index contributed by atoms with van der Waals surface area (Å²) in [5.41, 5.74) is 2.73. The molecule has 0 bridgehead atoms. The van der Waals surface area contributed by atoms with Crippen molar-refractivity contribution in [3.8, 4) is 23.0 Å². The largest absolute Gasteiger partial charge is 0.494 e. The predicted molar refractivity (Wildman–Crippen MR) is 114 cm³/mol. The van der Waals surface area contributed by atoms with Crippen LogP contribution in [0.2, 0.25) is 0 Å². The van der Waals surface area contributed by atoms with Crippen LogP contribution in [0.25, 0.3) is 22.1 Å². The van der Waals surface area contributed by atoms with Crippen molar-refractivity contribution < 1.29 is 18.9 Å². The standard InChI is InChI=1S/C20H16N4O4S2/c1-25-11-5-6-12(26-2)16-15(11)23-19-20(24-16)30-18-17(29-19)21-9-7-13(27-3)14(28-4)8-10(9)22-18/h5-8H,1-4H3. The van der Waals surface area contributed by atoms with E-state index in [2.05, 4.69) is 0 Å². The van der Waals surface area contributed by atoms with Gasteiger partial charge in [0.25, 0.3) is 0 Å². The van der Waals surface area contributed by atoms with Gasteiger partial charge in [-0.05, 0) is 35.7 Å². The van der Waals surface area contributed by atoms with Crippen LogP contribution in [0.3, 0.4) is 0 Å². The summed E-state index contributed by atoms with van der Waals surface area (Å²) in [6.07, 6.45) is 0. The van der Waals surface area contributed by atoms with Gasteiger partial charge in [0.1, 0.15) is 42.6 Å². The summed E-state index contributed by atoms with van der Waals surface area (Å²) in [7, 11) is 6.41. The molecule has 0 N–H and O–H groups in total. The molecule has 0 unspecified atom stereocenters. The lowest BCUT2D eigenvalue weighted by Crippen LogP contribution is -2.03. The van der Waals surface area contributed by atoms with E-state index < -0.39 is 0 Å². The third kappa shape index (κ3) is 2.94. The number of nitrogens with zero attached hydrogens (tertiary/aromatic N) is 4. The van der Waals surface area contributed by atoms with Gasteiger partial charge >= 0.3 is 0 Å². The molecule has 0 amide bonds. The van der Waals surface area contributed by atoms with Crippen molar-refractivity contribution in [2.45, 2.75) is 20.1 Å². The highest BCUT2D eigenvalue weighted by Crippen LogP contribution is 2.47. The van der Waals surface area contributed by atoms with Crippen molar-refractivity contribution in [2.75, 3.05) is 28.4 Å². The molecule has 30 heavy (non-hydrogen) atoms. The average Bonchev–Trinajstić information content (AvgIpc) is 2.78. The van der Waals surface area contributed by atoms with Crippen molar-refractivity contribution in [1.29, 1.82) is 0 Å². The second-order valence-corrected chi connectivity index (χ2v) is 8.19.